The van der Waals surface area contributed by atoms with E-state index in [1.807, 2.05) is 0 Å². The summed E-state index contributed by atoms with van der Waals surface area (Å²) < 4.78 is 24.9. The van der Waals surface area contributed by atoms with E-state index in [0.717, 1.165) is 0 Å². The van der Waals surface area contributed by atoms with Gasteiger partial charge >= 0.3 is 24.2 Å². The summed E-state index contributed by atoms with van der Waals surface area (Å²) in [7, 11) is 0. The number of ether oxygens (including phenoxy) is 5. The van der Waals surface area contributed by atoms with E-state index in [2.05, 4.69) is 0 Å². The molecule has 0 aliphatic rings. The molecule has 11 nitrogen and oxygen atoms in total. The van der Waals surface area contributed by atoms with Gasteiger partial charge in [0.05, 0.1) is 25.7 Å². The number of rotatable bonds is 11. The van der Waals surface area contributed by atoms with Crippen LogP contribution in [0.2, 0.25) is 0 Å². The molecule has 1 aromatic carbocycles. The van der Waals surface area contributed by atoms with Gasteiger partial charge in [-0.2, -0.15) is 0 Å². The molecular formula is C22H31NO10. The molecule has 0 fully saturated rings. The van der Waals surface area contributed by atoms with Crippen LogP contribution in [0.4, 0.5) is 9.59 Å². The molecule has 1 rings (SSSR count). The van der Waals surface area contributed by atoms with Crippen LogP contribution < -0.4 is 15.2 Å². The Kier molecular flexibility index (Phi) is 11.1. The summed E-state index contributed by atoms with van der Waals surface area (Å²) in [5.41, 5.74) is 6.29. The van der Waals surface area contributed by atoms with Crippen molar-refractivity contribution >= 4 is 24.2 Å². The number of carbonyl (C=O) groups excluding carboxylic acids is 3. The molecule has 1 aromatic rings. The summed E-state index contributed by atoms with van der Waals surface area (Å²) in [6, 6.07) is 2.74. The van der Waals surface area contributed by atoms with Crippen LogP contribution in [0.3, 0.4) is 0 Å². The molecular weight excluding hydrogens is 438 g/mol. The number of carbonyl (C=O) groups is 4. The molecule has 0 saturated heterocycles. The number of carboxylic acid groups (broad SMARTS) is 1. The third-order valence-electron chi connectivity index (χ3n) is 4.51. The van der Waals surface area contributed by atoms with Crippen LogP contribution in [-0.2, 0) is 23.8 Å². The highest BCUT2D eigenvalue weighted by Crippen LogP contribution is 2.36. The fraction of sp³-hybridized carbons (Fsp3) is 0.545. The number of hydrogen-bond donors (Lipinski definition) is 2. The SMILES string of the molecule is CCOC(=O)Oc1ccc(C(C(C)COC(=O)C(C)C)[C@H](N)C(=O)O)cc1OC(=O)OCC. The maximum Gasteiger partial charge on any atom is 0.513 e. The van der Waals surface area contributed by atoms with Gasteiger partial charge < -0.3 is 34.5 Å². The molecule has 0 radical (unpaired) electrons. The van der Waals surface area contributed by atoms with Gasteiger partial charge in [0.15, 0.2) is 11.5 Å². The third kappa shape index (κ3) is 8.60. The van der Waals surface area contributed by atoms with E-state index in [4.69, 9.17) is 29.4 Å². The van der Waals surface area contributed by atoms with Crippen molar-refractivity contribution in [2.45, 2.75) is 46.6 Å². The van der Waals surface area contributed by atoms with Gasteiger partial charge in [-0.25, -0.2) is 9.59 Å². The van der Waals surface area contributed by atoms with E-state index >= 15 is 0 Å². The smallest absolute Gasteiger partial charge is 0.480 e. The van der Waals surface area contributed by atoms with Gasteiger partial charge in [-0.1, -0.05) is 26.8 Å². The summed E-state index contributed by atoms with van der Waals surface area (Å²) >= 11 is 0. The lowest BCUT2D eigenvalue weighted by Gasteiger charge is -2.28. The molecule has 0 amide bonds. The Bertz CT molecular complexity index is 838. The summed E-state index contributed by atoms with van der Waals surface area (Å²) in [6.07, 6.45) is -2.08. The van der Waals surface area contributed by atoms with Crippen molar-refractivity contribution in [3.63, 3.8) is 0 Å². The average molecular weight is 469 g/mol. The quantitative estimate of drug-likeness (QED) is 0.278. The molecule has 184 valence electrons. The lowest BCUT2D eigenvalue weighted by molar-refractivity contribution is -0.149. The Balaban J connectivity index is 3.34. The summed E-state index contributed by atoms with van der Waals surface area (Å²) in [6.45, 7) is 8.21. The second-order valence-electron chi connectivity index (χ2n) is 7.43. The van der Waals surface area contributed by atoms with Gasteiger partial charge in [-0.15, -0.1) is 0 Å². The van der Waals surface area contributed by atoms with Crippen LogP contribution in [0.15, 0.2) is 18.2 Å². The van der Waals surface area contributed by atoms with E-state index in [9.17, 15) is 24.3 Å². The number of carboxylic acids is 1. The Labute approximate surface area is 192 Å². The van der Waals surface area contributed by atoms with Crippen molar-refractivity contribution in [3.8, 4) is 11.5 Å². The molecule has 0 spiro atoms. The predicted molar refractivity (Wildman–Crippen MR) is 115 cm³/mol. The molecule has 3 N–H and O–H groups in total. The normalized spacial score (nSPS) is 13.4. The van der Waals surface area contributed by atoms with Crippen molar-refractivity contribution in [1.29, 1.82) is 0 Å². The summed E-state index contributed by atoms with van der Waals surface area (Å²) in [5.74, 6) is -3.78. The predicted octanol–water partition coefficient (Wildman–Crippen LogP) is 3.09. The van der Waals surface area contributed by atoms with Gasteiger partial charge in [0, 0.05) is 5.92 Å². The minimum Gasteiger partial charge on any atom is -0.480 e. The number of nitrogens with two attached hydrogens (primary N) is 1. The molecule has 0 aromatic heterocycles. The van der Waals surface area contributed by atoms with Crippen LogP contribution in [-0.4, -0.2) is 55.2 Å². The molecule has 0 aliphatic heterocycles. The molecule has 3 atom stereocenters. The second-order valence-corrected chi connectivity index (χ2v) is 7.43. The lowest BCUT2D eigenvalue weighted by atomic mass is 9.82. The van der Waals surface area contributed by atoms with Crippen LogP contribution in [0.1, 0.15) is 46.1 Å². The topological polar surface area (TPSA) is 161 Å². The van der Waals surface area contributed by atoms with Crippen molar-refractivity contribution < 1.29 is 48.0 Å². The van der Waals surface area contributed by atoms with Crippen molar-refractivity contribution in [2.75, 3.05) is 19.8 Å². The minimum atomic E-state index is -1.37. The van der Waals surface area contributed by atoms with Crippen molar-refractivity contribution in [1.82, 2.24) is 0 Å². The van der Waals surface area contributed by atoms with Gasteiger partial charge in [-0.3, -0.25) is 9.59 Å². The van der Waals surface area contributed by atoms with Gasteiger partial charge in [0.25, 0.3) is 0 Å². The Morgan fingerprint density at radius 1 is 0.909 bits per heavy atom. The Morgan fingerprint density at radius 3 is 1.94 bits per heavy atom. The second kappa shape index (κ2) is 13.3. The molecule has 33 heavy (non-hydrogen) atoms. The van der Waals surface area contributed by atoms with Gasteiger partial charge in [-0.05, 0) is 37.5 Å². The Hall–Kier alpha value is -3.34. The Morgan fingerprint density at radius 2 is 1.45 bits per heavy atom. The lowest BCUT2D eigenvalue weighted by Crippen LogP contribution is -2.40. The highest BCUT2D eigenvalue weighted by Gasteiger charge is 2.33. The zero-order valence-corrected chi connectivity index (χ0v) is 19.4. The van der Waals surface area contributed by atoms with Gasteiger partial charge in [0.2, 0.25) is 0 Å². The highest BCUT2D eigenvalue weighted by molar-refractivity contribution is 5.75. The molecule has 11 heteroatoms. The van der Waals surface area contributed by atoms with Crippen molar-refractivity contribution in [3.05, 3.63) is 23.8 Å². The van der Waals surface area contributed by atoms with E-state index in [0.29, 0.717) is 5.56 Å². The van der Waals surface area contributed by atoms with Crippen LogP contribution in [0, 0.1) is 11.8 Å². The standard InChI is InChI=1S/C22H31NO10/c1-6-29-21(27)32-15-9-8-14(10-16(15)33-22(28)30-7-2)17(18(23)19(24)25)13(5)11-31-20(26)12(3)4/h8-10,12-13,17-18H,6-7,11,23H2,1-5H3,(H,24,25)/t13?,17?,18-/m0/s1. The maximum atomic E-state index is 11.9. The van der Waals surface area contributed by atoms with E-state index in [1.54, 1.807) is 34.6 Å². The third-order valence-corrected chi connectivity index (χ3v) is 4.51. The first kappa shape index (κ1) is 27.7. The van der Waals surface area contributed by atoms with Crippen molar-refractivity contribution in [2.24, 2.45) is 17.6 Å². The highest BCUT2D eigenvalue weighted by atomic mass is 16.7. The van der Waals surface area contributed by atoms with E-state index in [1.165, 1.54) is 18.2 Å². The number of hydrogen-bond acceptors (Lipinski definition) is 10. The van der Waals surface area contributed by atoms with Crippen LogP contribution in [0.5, 0.6) is 11.5 Å². The monoisotopic (exact) mass is 469 g/mol. The fourth-order valence-electron chi connectivity index (χ4n) is 2.90. The molecule has 2 unspecified atom stereocenters. The first-order valence-corrected chi connectivity index (χ1v) is 10.5. The average Bonchev–Trinajstić information content (AvgIpc) is 2.73. The molecule has 0 bridgehead atoms. The summed E-state index contributed by atoms with van der Waals surface area (Å²) in [5, 5.41) is 9.52. The van der Waals surface area contributed by atoms with Crippen LogP contribution in [0.25, 0.3) is 0 Å². The zero-order chi connectivity index (χ0) is 25.1. The summed E-state index contributed by atoms with van der Waals surface area (Å²) in [4.78, 5) is 47.1. The first-order valence-electron chi connectivity index (χ1n) is 10.5. The van der Waals surface area contributed by atoms with E-state index in [-0.39, 0.29) is 37.2 Å². The first-order chi connectivity index (χ1) is 15.5. The molecule has 0 aliphatic carbocycles. The largest absolute Gasteiger partial charge is 0.513 e. The molecule has 0 heterocycles. The number of aliphatic carboxylic acids is 1. The maximum absolute atomic E-state index is 11.9. The van der Waals surface area contributed by atoms with E-state index < -0.39 is 42.1 Å². The minimum absolute atomic E-state index is 0.0390. The number of esters is 1. The number of benzene rings is 1. The molecule has 0 saturated carbocycles. The van der Waals surface area contributed by atoms with Gasteiger partial charge in [0.1, 0.15) is 6.04 Å². The van der Waals surface area contributed by atoms with Crippen LogP contribution >= 0.6 is 0 Å². The zero-order valence-electron chi connectivity index (χ0n) is 19.4. The fourth-order valence-corrected chi connectivity index (χ4v) is 2.90.